The van der Waals surface area contributed by atoms with Crippen molar-refractivity contribution in [2.45, 2.75) is 25.7 Å². The third-order valence-electron chi connectivity index (χ3n) is 3.15. The van der Waals surface area contributed by atoms with Crippen molar-refractivity contribution in [1.82, 2.24) is 4.90 Å². The Morgan fingerprint density at radius 3 is 3.11 bits per heavy atom. The smallest absolute Gasteiger partial charge is 0.410 e. The molecule has 5 nitrogen and oxygen atoms in total. The molecular formula is C13H18N2O3. The van der Waals surface area contributed by atoms with Gasteiger partial charge in [-0.1, -0.05) is 23.4 Å². The third-order valence-corrected chi connectivity index (χ3v) is 3.15. The van der Waals surface area contributed by atoms with E-state index in [1.165, 1.54) is 0 Å². The second kappa shape index (κ2) is 6.23. The number of allylic oxidation sites excluding steroid dienone is 3. The molecule has 98 valence electrons. The topological polar surface area (TPSA) is 62.1 Å². The summed E-state index contributed by atoms with van der Waals surface area (Å²) in [6.07, 6.45) is 9.28. The number of hydrogen-bond donors (Lipinski definition) is 1. The van der Waals surface area contributed by atoms with Gasteiger partial charge in [0.15, 0.2) is 0 Å². The molecule has 5 heteroatoms. The van der Waals surface area contributed by atoms with Gasteiger partial charge in [-0.15, -0.1) is 0 Å². The number of hydrogen-bond acceptors (Lipinski definition) is 4. The lowest BCUT2D eigenvalue weighted by molar-refractivity contribution is 0.112. The summed E-state index contributed by atoms with van der Waals surface area (Å²) >= 11 is 0. The highest BCUT2D eigenvalue weighted by molar-refractivity contribution is 5.89. The van der Waals surface area contributed by atoms with Gasteiger partial charge in [0.25, 0.3) is 0 Å². The first-order valence-corrected chi connectivity index (χ1v) is 6.25. The number of rotatable bonds is 2. The molecule has 0 aromatic rings. The van der Waals surface area contributed by atoms with Crippen LogP contribution in [0.15, 0.2) is 29.0 Å². The first-order valence-electron chi connectivity index (χ1n) is 6.25. The van der Waals surface area contributed by atoms with Gasteiger partial charge in [-0.05, 0) is 31.3 Å². The maximum atomic E-state index is 11.8. The van der Waals surface area contributed by atoms with Gasteiger partial charge >= 0.3 is 6.09 Å². The molecule has 1 amide bonds. The van der Waals surface area contributed by atoms with Gasteiger partial charge in [0.05, 0.1) is 12.3 Å². The predicted octanol–water partition coefficient (Wildman–Crippen LogP) is 2.33. The zero-order valence-electron chi connectivity index (χ0n) is 10.3. The summed E-state index contributed by atoms with van der Waals surface area (Å²) in [7, 11) is 0. The highest BCUT2D eigenvalue weighted by Gasteiger charge is 2.22. The Hall–Kier alpha value is -1.78. The van der Waals surface area contributed by atoms with Crippen molar-refractivity contribution in [1.29, 1.82) is 0 Å². The first kappa shape index (κ1) is 12.7. The molecule has 18 heavy (non-hydrogen) atoms. The summed E-state index contributed by atoms with van der Waals surface area (Å²) in [6, 6.07) is 0. The lowest BCUT2D eigenvalue weighted by Crippen LogP contribution is -2.40. The van der Waals surface area contributed by atoms with Crippen molar-refractivity contribution in [3.63, 3.8) is 0 Å². The zero-order chi connectivity index (χ0) is 12.8. The number of piperidine rings is 1. The third kappa shape index (κ3) is 3.35. The maximum Gasteiger partial charge on any atom is 0.410 e. The fraction of sp³-hybridized carbons (Fsp3) is 0.538. The number of carbonyl (C=O) groups is 1. The van der Waals surface area contributed by atoms with Crippen LogP contribution in [0, 0.1) is 0 Å². The van der Waals surface area contributed by atoms with Crippen LogP contribution in [0.4, 0.5) is 4.79 Å². The summed E-state index contributed by atoms with van der Waals surface area (Å²) < 4.78 is 5.26. The van der Waals surface area contributed by atoms with Crippen molar-refractivity contribution in [2.75, 3.05) is 19.7 Å². The Balaban J connectivity index is 1.80. The first-order chi connectivity index (χ1) is 8.79. The molecule has 1 aliphatic carbocycles. The molecule has 0 bridgehead atoms. The Bertz CT molecular complexity index is 399. The van der Waals surface area contributed by atoms with Crippen LogP contribution >= 0.6 is 0 Å². The lowest BCUT2D eigenvalue weighted by Gasteiger charge is -2.26. The molecule has 2 rings (SSSR count). The predicted molar refractivity (Wildman–Crippen MR) is 67.8 cm³/mol. The second-order valence-corrected chi connectivity index (χ2v) is 4.54. The Kier molecular flexibility index (Phi) is 4.39. The van der Waals surface area contributed by atoms with Gasteiger partial charge in [-0.3, -0.25) is 0 Å². The van der Waals surface area contributed by atoms with Crippen LogP contribution in [-0.2, 0) is 4.74 Å². The number of nitrogens with zero attached hydrogens (tertiary/aromatic N) is 2. The normalized spacial score (nSPS) is 21.9. The Morgan fingerprint density at radius 2 is 2.39 bits per heavy atom. The van der Waals surface area contributed by atoms with E-state index in [0.717, 1.165) is 31.3 Å². The minimum atomic E-state index is -0.327. The van der Waals surface area contributed by atoms with Crippen LogP contribution in [0.25, 0.3) is 0 Å². The largest absolute Gasteiger partial charge is 0.445 e. The van der Waals surface area contributed by atoms with Crippen LogP contribution < -0.4 is 0 Å². The molecule has 0 unspecified atom stereocenters. The van der Waals surface area contributed by atoms with Gasteiger partial charge in [0.2, 0.25) is 0 Å². The van der Waals surface area contributed by atoms with E-state index in [-0.39, 0.29) is 6.09 Å². The van der Waals surface area contributed by atoms with Crippen molar-refractivity contribution in [3.8, 4) is 0 Å². The fourth-order valence-electron chi connectivity index (χ4n) is 2.11. The van der Waals surface area contributed by atoms with E-state index in [4.69, 9.17) is 9.94 Å². The molecule has 1 fully saturated rings. The van der Waals surface area contributed by atoms with Gasteiger partial charge in [0.1, 0.15) is 6.61 Å². The molecule has 0 saturated carbocycles. The van der Waals surface area contributed by atoms with Crippen LogP contribution in [-0.4, -0.2) is 41.6 Å². The minimum Gasteiger partial charge on any atom is -0.445 e. The molecule has 1 N–H and O–H groups in total. The summed E-state index contributed by atoms with van der Waals surface area (Å²) in [6.45, 7) is 1.39. The van der Waals surface area contributed by atoms with E-state index in [1.807, 2.05) is 12.2 Å². The highest BCUT2D eigenvalue weighted by Crippen LogP contribution is 2.13. The summed E-state index contributed by atoms with van der Waals surface area (Å²) in [5.74, 6) is 0. The van der Waals surface area contributed by atoms with Crippen molar-refractivity contribution >= 4 is 11.8 Å². The molecule has 1 saturated heterocycles. The van der Waals surface area contributed by atoms with Crippen LogP contribution in [0.3, 0.4) is 0 Å². The van der Waals surface area contributed by atoms with Gasteiger partial charge in [-0.25, -0.2) is 4.79 Å². The van der Waals surface area contributed by atoms with Crippen LogP contribution in [0.5, 0.6) is 0 Å². The summed E-state index contributed by atoms with van der Waals surface area (Å²) in [5.41, 5.74) is 1.77. The number of oxime groups is 1. The summed E-state index contributed by atoms with van der Waals surface area (Å²) in [5, 5.41) is 11.9. The van der Waals surface area contributed by atoms with Crippen molar-refractivity contribution in [3.05, 3.63) is 23.8 Å². The molecule has 1 aliphatic heterocycles. The van der Waals surface area contributed by atoms with E-state index >= 15 is 0 Å². The van der Waals surface area contributed by atoms with Crippen LogP contribution in [0.2, 0.25) is 0 Å². The van der Waals surface area contributed by atoms with Gasteiger partial charge in [-0.2, -0.15) is 0 Å². The summed E-state index contributed by atoms with van der Waals surface area (Å²) in [4.78, 5) is 13.4. The Morgan fingerprint density at radius 1 is 1.50 bits per heavy atom. The molecule has 0 atom stereocenters. The van der Waals surface area contributed by atoms with E-state index in [0.29, 0.717) is 25.4 Å². The molecule has 1 heterocycles. The van der Waals surface area contributed by atoms with Gasteiger partial charge in [0, 0.05) is 6.54 Å². The number of carbonyl (C=O) groups excluding carboxylic acids is 1. The molecular weight excluding hydrogens is 232 g/mol. The average Bonchev–Trinajstić information content (AvgIpc) is 2.46. The molecule has 0 spiro atoms. The number of ether oxygens (including phenoxy) is 1. The molecule has 2 aliphatic rings. The Labute approximate surface area is 106 Å². The molecule has 0 aromatic heterocycles. The number of amides is 1. The lowest BCUT2D eigenvalue weighted by atomic mass is 10.1. The maximum absolute atomic E-state index is 11.8. The monoisotopic (exact) mass is 250 g/mol. The molecule has 0 aromatic carbocycles. The van der Waals surface area contributed by atoms with E-state index in [9.17, 15) is 4.79 Å². The second-order valence-electron chi connectivity index (χ2n) is 4.54. The average molecular weight is 250 g/mol. The highest BCUT2D eigenvalue weighted by atomic mass is 16.6. The SMILES string of the molecule is O=C(OCC1=CC=CCC1)N1CCC/C(=N\O)C1. The van der Waals surface area contributed by atoms with E-state index in [2.05, 4.69) is 11.2 Å². The van der Waals surface area contributed by atoms with E-state index < -0.39 is 0 Å². The van der Waals surface area contributed by atoms with Crippen molar-refractivity contribution in [2.24, 2.45) is 5.16 Å². The fourth-order valence-corrected chi connectivity index (χ4v) is 2.11. The van der Waals surface area contributed by atoms with E-state index in [1.54, 1.807) is 4.90 Å². The zero-order valence-corrected chi connectivity index (χ0v) is 10.3. The standard InChI is InChI=1S/C13H18N2O3/c16-13(15-8-4-7-12(9-15)14-17)18-10-11-5-2-1-3-6-11/h1-2,5,17H,3-4,6-10H2/b14-12+. The number of likely N-dealkylation sites (tertiary alicyclic amines) is 1. The van der Waals surface area contributed by atoms with Gasteiger partial charge < -0.3 is 14.8 Å². The minimum absolute atomic E-state index is 0.327. The van der Waals surface area contributed by atoms with Crippen LogP contribution in [0.1, 0.15) is 25.7 Å². The van der Waals surface area contributed by atoms with Crippen molar-refractivity contribution < 1.29 is 14.7 Å². The quantitative estimate of drug-likeness (QED) is 0.604. The molecule has 0 radical (unpaired) electrons.